The first-order valence-corrected chi connectivity index (χ1v) is 7.57. The molecule has 0 amide bonds. The van der Waals surface area contributed by atoms with E-state index in [4.69, 9.17) is 12.2 Å². The Hall–Kier alpha value is -2.46. The van der Waals surface area contributed by atoms with Gasteiger partial charge in [0.15, 0.2) is 0 Å². The molecule has 0 aliphatic rings. The number of anilines is 1. The van der Waals surface area contributed by atoms with Gasteiger partial charge in [0.2, 0.25) is 0 Å². The number of nitrogens with zero attached hydrogens (tertiary/aromatic N) is 1. The highest BCUT2D eigenvalue weighted by Crippen LogP contribution is 2.25. The number of aromatic amines is 1. The van der Waals surface area contributed by atoms with Crippen molar-refractivity contribution >= 4 is 18.0 Å². The Morgan fingerprint density at radius 3 is 2.00 bits per heavy atom. The Kier molecular flexibility index (Phi) is 4.30. The zero-order valence-electron chi connectivity index (χ0n) is 12.3. The maximum absolute atomic E-state index is 5.20. The minimum Gasteiger partial charge on any atom is -0.361 e. The summed E-state index contributed by atoms with van der Waals surface area (Å²) in [6, 6.07) is 22.6. The van der Waals surface area contributed by atoms with Gasteiger partial charge in [-0.25, -0.2) is 4.98 Å². The van der Waals surface area contributed by atoms with Crippen LogP contribution in [0.3, 0.4) is 0 Å². The van der Waals surface area contributed by atoms with Crippen molar-refractivity contribution in [3.8, 4) is 0 Å². The van der Waals surface area contributed by atoms with Crippen LogP contribution in [0.4, 0.5) is 5.82 Å². The van der Waals surface area contributed by atoms with Crippen LogP contribution in [-0.4, -0.2) is 9.97 Å². The lowest BCUT2D eigenvalue weighted by molar-refractivity contribution is 0.912. The Bertz CT molecular complexity index is 758. The summed E-state index contributed by atoms with van der Waals surface area (Å²) in [4.78, 5) is 7.44. The Morgan fingerprint density at radius 2 is 1.50 bits per heavy atom. The summed E-state index contributed by atoms with van der Waals surface area (Å²) < 4.78 is 0.582. The average Bonchev–Trinajstić information content (AvgIpc) is 2.53. The Labute approximate surface area is 135 Å². The van der Waals surface area contributed by atoms with Gasteiger partial charge >= 0.3 is 0 Å². The summed E-state index contributed by atoms with van der Waals surface area (Å²) >= 11 is 5.20. The molecule has 4 heteroatoms. The topological polar surface area (TPSA) is 40.7 Å². The van der Waals surface area contributed by atoms with E-state index in [1.54, 1.807) is 0 Å². The maximum Gasteiger partial charge on any atom is 0.131 e. The summed E-state index contributed by atoms with van der Waals surface area (Å²) in [5.74, 6) is 1.67. The maximum atomic E-state index is 5.20. The molecular formula is C18H17N3S. The standard InChI is InChI=1S/C18H17N3S/c1-13-19-16(12-17(22)20-13)21-18(14-8-4-2-5-9-14)15-10-6-3-7-11-15/h2-12,18H,1H3,(H2,19,20,21,22). The van der Waals surface area contributed by atoms with Crippen molar-refractivity contribution < 1.29 is 0 Å². The van der Waals surface area contributed by atoms with E-state index < -0.39 is 0 Å². The second kappa shape index (κ2) is 6.54. The minimum absolute atomic E-state index is 0.0508. The number of aryl methyl sites for hydroxylation is 1. The fraction of sp³-hybridized carbons (Fsp3) is 0.111. The predicted octanol–water partition coefficient (Wildman–Crippen LogP) is 4.65. The lowest BCUT2D eigenvalue weighted by Gasteiger charge is -2.21. The quantitative estimate of drug-likeness (QED) is 0.689. The third kappa shape index (κ3) is 3.40. The predicted molar refractivity (Wildman–Crippen MR) is 92.5 cm³/mol. The SMILES string of the molecule is Cc1nc(=S)cc(NC(c2ccccc2)c2ccccc2)[nH]1. The molecule has 3 aromatic rings. The first-order valence-electron chi connectivity index (χ1n) is 7.17. The van der Waals surface area contributed by atoms with Gasteiger partial charge in [0.1, 0.15) is 16.3 Å². The van der Waals surface area contributed by atoms with Crippen molar-refractivity contribution in [1.29, 1.82) is 0 Å². The molecule has 3 nitrogen and oxygen atoms in total. The van der Waals surface area contributed by atoms with E-state index in [9.17, 15) is 0 Å². The van der Waals surface area contributed by atoms with Crippen LogP contribution in [0, 0.1) is 11.6 Å². The fourth-order valence-corrected chi connectivity index (χ4v) is 2.72. The van der Waals surface area contributed by atoms with Gasteiger partial charge < -0.3 is 10.3 Å². The van der Waals surface area contributed by atoms with E-state index in [1.807, 2.05) is 49.4 Å². The Balaban J connectivity index is 2.01. The van der Waals surface area contributed by atoms with Gasteiger partial charge in [-0.05, 0) is 18.1 Å². The molecule has 0 unspecified atom stereocenters. The van der Waals surface area contributed by atoms with Crippen LogP contribution in [0.15, 0.2) is 66.7 Å². The summed E-state index contributed by atoms with van der Waals surface area (Å²) in [6.45, 7) is 1.90. The van der Waals surface area contributed by atoms with Gasteiger partial charge in [-0.1, -0.05) is 72.9 Å². The first kappa shape index (κ1) is 14.5. The molecule has 1 aromatic heterocycles. The van der Waals surface area contributed by atoms with Crippen molar-refractivity contribution in [3.05, 3.63) is 88.3 Å². The monoisotopic (exact) mass is 307 g/mol. The van der Waals surface area contributed by atoms with Gasteiger partial charge in [-0.15, -0.1) is 0 Å². The molecule has 0 bridgehead atoms. The molecular weight excluding hydrogens is 290 g/mol. The van der Waals surface area contributed by atoms with E-state index in [2.05, 4.69) is 39.6 Å². The van der Waals surface area contributed by atoms with Crippen LogP contribution in [0.1, 0.15) is 23.0 Å². The van der Waals surface area contributed by atoms with Crippen molar-refractivity contribution in [3.63, 3.8) is 0 Å². The molecule has 0 fully saturated rings. The van der Waals surface area contributed by atoms with Crippen LogP contribution < -0.4 is 5.32 Å². The van der Waals surface area contributed by atoms with Crippen LogP contribution in [0.25, 0.3) is 0 Å². The molecule has 0 radical (unpaired) electrons. The van der Waals surface area contributed by atoms with Crippen LogP contribution >= 0.6 is 12.2 Å². The van der Waals surface area contributed by atoms with Crippen LogP contribution in [-0.2, 0) is 0 Å². The van der Waals surface area contributed by atoms with Crippen molar-refractivity contribution in [2.45, 2.75) is 13.0 Å². The normalized spacial score (nSPS) is 10.6. The van der Waals surface area contributed by atoms with Crippen molar-refractivity contribution in [1.82, 2.24) is 9.97 Å². The molecule has 22 heavy (non-hydrogen) atoms. The number of H-pyrrole nitrogens is 1. The first-order chi connectivity index (χ1) is 10.7. The minimum atomic E-state index is 0.0508. The molecule has 0 saturated carbocycles. The van der Waals surface area contributed by atoms with E-state index >= 15 is 0 Å². The zero-order chi connectivity index (χ0) is 15.4. The van der Waals surface area contributed by atoms with Gasteiger partial charge in [-0.2, -0.15) is 0 Å². The Morgan fingerprint density at radius 1 is 0.955 bits per heavy atom. The summed E-state index contributed by atoms with van der Waals surface area (Å²) in [5, 5.41) is 3.53. The molecule has 0 saturated heterocycles. The van der Waals surface area contributed by atoms with E-state index in [1.165, 1.54) is 11.1 Å². The van der Waals surface area contributed by atoms with Crippen LogP contribution in [0.5, 0.6) is 0 Å². The molecule has 2 aromatic carbocycles. The fourth-order valence-electron chi connectivity index (χ4n) is 2.46. The summed E-state index contributed by atoms with van der Waals surface area (Å²) in [5.41, 5.74) is 2.39. The van der Waals surface area contributed by atoms with Gasteiger partial charge in [-0.3, -0.25) is 0 Å². The zero-order valence-corrected chi connectivity index (χ0v) is 13.1. The molecule has 0 spiro atoms. The molecule has 0 atom stereocenters. The van der Waals surface area contributed by atoms with E-state index in [-0.39, 0.29) is 6.04 Å². The van der Waals surface area contributed by atoms with Crippen molar-refractivity contribution in [2.24, 2.45) is 0 Å². The number of rotatable bonds is 4. The second-order valence-corrected chi connectivity index (χ2v) is 5.54. The highest BCUT2D eigenvalue weighted by molar-refractivity contribution is 7.71. The summed E-state index contributed by atoms with van der Waals surface area (Å²) in [7, 11) is 0. The average molecular weight is 307 g/mol. The molecule has 110 valence electrons. The number of hydrogen-bond donors (Lipinski definition) is 2. The highest BCUT2D eigenvalue weighted by atomic mass is 32.1. The number of aromatic nitrogens is 2. The highest BCUT2D eigenvalue weighted by Gasteiger charge is 2.13. The van der Waals surface area contributed by atoms with Crippen molar-refractivity contribution in [2.75, 3.05) is 5.32 Å². The number of benzene rings is 2. The van der Waals surface area contributed by atoms with E-state index in [0.717, 1.165) is 11.6 Å². The molecule has 2 N–H and O–H groups in total. The summed E-state index contributed by atoms with van der Waals surface area (Å²) in [6.07, 6.45) is 0. The lowest BCUT2D eigenvalue weighted by Crippen LogP contribution is -2.13. The van der Waals surface area contributed by atoms with Gasteiger partial charge in [0, 0.05) is 6.07 Å². The molecule has 0 aliphatic carbocycles. The number of hydrogen-bond acceptors (Lipinski definition) is 3. The number of nitrogens with one attached hydrogen (secondary N) is 2. The van der Waals surface area contributed by atoms with Gasteiger partial charge in [0.25, 0.3) is 0 Å². The third-order valence-corrected chi connectivity index (χ3v) is 3.64. The van der Waals surface area contributed by atoms with E-state index in [0.29, 0.717) is 4.64 Å². The van der Waals surface area contributed by atoms with Crippen LogP contribution in [0.2, 0.25) is 0 Å². The van der Waals surface area contributed by atoms with Gasteiger partial charge in [0.05, 0.1) is 6.04 Å². The largest absolute Gasteiger partial charge is 0.361 e. The lowest BCUT2D eigenvalue weighted by atomic mass is 9.99. The second-order valence-electron chi connectivity index (χ2n) is 5.12. The molecule has 1 heterocycles. The third-order valence-electron chi connectivity index (χ3n) is 3.43. The molecule has 3 rings (SSSR count). The smallest absolute Gasteiger partial charge is 0.131 e. The molecule has 0 aliphatic heterocycles.